The SMILES string of the molecule is O=C(NNC(=O)C1CC1)c1cn[nH]c1-c1ccc(Cl)cc1. The van der Waals surface area contributed by atoms with Gasteiger partial charge >= 0.3 is 0 Å². The maximum Gasteiger partial charge on any atom is 0.273 e. The second-order valence-corrected chi connectivity index (χ2v) is 5.32. The van der Waals surface area contributed by atoms with Crippen LogP contribution in [0.3, 0.4) is 0 Å². The third-order valence-corrected chi connectivity index (χ3v) is 3.52. The van der Waals surface area contributed by atoms with Gasteiger partial charge in [-0.1, -0.05) is 23.7 Å². The van der Waals surface area contributed by atoms with Crippen LogP contribution in [0.1, 0.15) is 23.2 Å². The molecule has 1 aliphatic carbocycles. The molecule has 21 heavy (non-hydrogen) atoms. The fraction of sp³-hybridized carbons (Fsp3) is 0.214. The number of aromatic nitrogens is 2. The molecule has 2 aromatic rings. The van der Waals surface area contributed by atoms with Gasteiger partial charge in [0.05, 0.1) is 17.5 Å². The normalized spacial score (nSPS) is 13.8. The number of hydrogen-bond acceptors (Lipinski definition) is 3. The molecule has 0 aliphatic heterocycles. The summed E-state index contributed by atoms with van der Waals surface area (Å²) in [5.74, 6) is -0.534. The van der Waals surface area contributed by atoms with Gasteiger partial charge in [-0.3, -0.25) is 25.5 Å². The standard InChI is InChI=1S/C14H13ClN4O2/c15-10-5-3-8(4-6-10)12-11(7-16-17-12)14(21)19-18-13(20)9-1-2-9/h3-7,9H,1-2H2,(H,16,17)(H,18,20)(H,19,21). The molecular weight excluding hydrogens is 292 g/mol. The van der Waals surface area contributed by atoms with Crippen LogP contribution in [-0.2, 0) is 4.79 Å². The molecule has 0 spiro atoms. The zero-order chi connectivity index (χ0) is 14.8. The number of carbonyl (C=O) groups excluding carboxylic acids is 2. The van der Waals surface area contributed by atoms with E-state index in [2.05, 4.69) is 21.0 Å². The van der Waals surface area contributed by atoms with E-state index in [1.54, 1.807) is 24.3 Å². The molecule has 1 aromatic carbocycles. The predicted octanol–water partition coefficient (Wildman–Crippen LogP) is 1.90. The molecule has 6 nitrogen and oxygen atoms in total. The van der Waals surface area contributed by atoms with Crippen molar-refractivity contribution in [2.75, 3.05) is 0 Å². The summed E-state index contributed by atoms with van der Waals surface area (Å²) in [4.78, 5) is 23.6. The average molecular weight is 305 g/mol. The second kappa shape index (κ2) is 5.57. The smallest absolute Gasteiger partial charge is 0.273 e. The maximum atomic E-state index is 12.1. The molecule has 0 atom stereocenters. The summed E-state index contributed by atoms with van der Waals surface area (Å²) in [6, 6.07) is 7.04. The summed E-state index contributed by atoms with van der Waals surface area (Å²) in [6.07, 6.45) is 3.18. The van der Waals surface area contributed by atoms with E-state index in [0.717, 1.165) is 18.4 Å². The number of amides is 2. The van der Waals surface area contributed by atoms with E-state index >= 15 is 0 Å². The summed E-state index contributed by atoms with van der Waals surface area (Å²) in [7, 11) is 0. The largest absolute Gasteiger partial charge is 0.277 e. The average Bonchev–Trinajstić information content (AvgIpc) is 3.23. The van der Waals surface area contributed by atoms with Crippen LogP contribution in [-0.4, -0.2) is 22.0 Å². The van der Waals surface area contributed by atoms with Crippen molar-refractivity contribution in [3.8, 4) is 11.3 Å². The maximum absolute atomic E-state index is 12.1. The lowest BCUT2D eigenvalue weighted by molar-refractivity contribution is -0.123. The van der Waals surface area contributed by atoms with Crippen molar-refractivity contribution < 1.29 is 9.59 Å². The van der Waals surface area contributed by atoms with Crippen molar-refractivity contribution >= 4 is 23.4 Å². The Morgan fingerprint density at radius 1 is 1.19 bits per heavy atom. The minimum Gasteiger partial charge on any atom is -0.277 e. The highest BCUT2D eigenvalue weighted by Crippen LogP contribution is 2.28. The number of benzene rings is 1. The van der Waals surface area contributed by atoms with Gasteiger partial charge in [-0.15, -0.1) is 0 Å². The first kappa shape index (κ1) is 13.6. The van der Waals surface area contributed by atoms with Crippen LogP contribution in [0.15, 0.2) is 30.5 Å². The van der Waals surface area contributed by atoms with Gasteiger partial charge in [0.1, 0.15) is 0 Å². The van der Waals surface area contributed by atoms with E-state index in [1.165, 1.54) is 6.20 Å². The summed E-state index contributed by atoms with van der Waals surface area (Å²) in [6.45, 7) is 0. The molecule has 3 rings (SSSR count). The first-order valence-electron chi connectivity index (χ1n) is 6.54. The number of H-pyrrole nitrogens is 1. The lowest BCUT2D eigenvalue weighted by Crippen LogP contribution is -2.42. The Labute approximate surface area is 125 Å². The monoisotopic (exact) mass is 304 g/mol. The molecule has 2 amide bonds. The third kappa shape index (κ3) is 3.05. The van der Waals surface area contributed by atoms with Gasteiger partial charge in [-0.25, -0.2) is 0 Å². The van der Waals surface area contributed by atoms with E-state index in [4.69, 9.17) is 11.6 Å². The number of nitrogens with zero attached hydrogens (tertiary/aromatic N) is 1. The van der Waals surface area contributed by atoms with Crippen LogP contribution < -0.4 is 10.9 Å². The van der Waals surface area contributed by atoms with Crippen molar-refractivity contribution in [1.29, 1.82) is 0 Å². The Bertz CT molecular complexity index is 677. The van der Waals surface area contributed by atoms with Crippen molar-refractivity contribution in [2.24, 2.45) is 5.92 Å². The van der Waals surface area contributed by atoms with Crippen LogP contribution in [0.25, 0.3) is 11.3 Å². The van der Waals surface area contributed by atoms with Crippen LogP contribution in [0, 0.1) is 5.92 Å². The summed E-state index contributed by atoms with van der Waals surface area (Å²) >= 11 is 5.84. The third-order valence-electron chi connectivity index (χ3n) is 3.26. The number of nitrogens with one attached hydrogen (secondary N) is 3. The highest BCUT2D eigenvalue weighted by atomic mass is 35.5. The molecule has 0 saturated heterocycles. The zero-order valence-electron chi connectivity index (χ0n) is 11.0. The topological polar surface area (TPSA) is 86.9 Å². The fourth-order valence-electron chi connectivity index (χ4n) is 1.93. The van der Waals surface area contributed by atoms with Crippen molar-refractivity contribution in [2.45, 2.75) is 12.8 Å². The van der Waals surface area contributed by atoms with Gasteiger partial charge in [0, 0.05) is 16.5 Å². The van der Waals surface area contributed by atoms with Crippen LogP contribution in [0.4, 0.5) is 0 Å². The molecule has 1 saturated carbocycles. The highest BCUT2D eigenvalue weighted by Gasteiger charge is 2.30. The van der Waals surface area contributed by atoms with Gasteiger partial charge in [0.25, 0.3) is 5.91 Å². The molecule has 1 aromatic heterocycles. The van der Waals surface area contributed by atoms with E-state index < -0.39 is 5.91 Å². The lowest BCUT2D eigenvalue weighted by atomic mass is 10.1. The zero-order valence-corrected chi connectivity index (χ0v) is 11.8. The van der Waals surface area contributed by atoms with E-state index in [9.17, 15) is 9.59 Å². The molecule has 3 N–H and O–H groups in total. The molecular formula is C14H13ClN4O2. The number of aromatic amines is 1. The first-order chi connectivity index (χ1) is 10.1. The number of hydrogen-bond donors (Lipinski definition) is 3. The molecule has 0 bridgehead atoms. The number of rotatable bonds is 3. The van der Waals surface area contributed by atoms with E-state index in [-0.39, 0.29) is 11.8 Å². The van der Waals surface area contributed by atoms with Crippen LogP contribution >= 0.6 is 11.6 Å². The minimum atomic E-state index is -0.414. The first-order valence-corrected chi connectivity index (χ1v) is 6.92. The Morgan fingerprint density at radius 3 is 2.57 bits per heavy atom. The Morgan fingerprint density at radius 2 is 1.90 bits per heavy atom. The van der Waals surface area contributed by atoms with Crippen molar-refractivity contribution in [3.05, 3.63) is 41.0 Å². The van der Waals surface area contributed by atoms with Crippen LogP contribution in [0.2, 0.25) is 5.02 Å². The molecule has 7 heteroatoms. The molecule has 1 heterocycles. The summed E-state index contributed by atoms with van der Waals surface area (Å²) in [5.41, 5.74) is 6.54. The summed E-state index contributed by atoms with van der Waals surface area (Å²) in [5, 5.41) is 7.28. The Kier molecular flexibility index (Phi) is 3.62. The summed E-state index contributed by atoms with van der Waals surface area (Å²) < 4.78 is 0. The Hall–Kier alpha value is -2.34. The van der Waals surface area contributed by atoms with Gasteiger partial charge in [0.2, 0.25) is 5.91 Å². The second-order valence-electron chi connectivity index (χ2n) is 4.88. The highest BCUT2D eigenvalue weighted by molar-refractivity contribution is 6.30. The van der Waals surface area contributed by atoms with Gasteiger partial charge in [-0.05, 0) is 25.0 Å². The van der Waals surface area contributed by atoms with Gasteiger partial charge in [-0.2, -0.15) is 5.10 Å². The predicted molar refractivity (Wildman–Crippen MR) is 77.4 cm³/mol. The fourth-order valence-corrected chi connectivity index (χ4v) is 2.05. The quantitative estimate of drug-likeness (QED) is 0.757. The van der Waals surface area contributed by atoms with Crippen molar-refractivity contribution in [3.63, 3.8) is 0 Å². The molecule has 1 aliphatic rings. The molecule has 1 fully saturated rings. The molecule has 108 valence electrons. The van der Waals surface area contributed by atoms with Crippen LogP contribution in [0.5, 0.6) is 0 Å². The lowest BCUT2D eigenvalue weighted by Gasteiger charge is -2.07. The number of halogens is 1. The minimum absolute atomic E-state index is 0.0328. The van der Waals surface area contributed by atoms with Gasteiger partial charge in [0.15, 0.2) is 0 Å². The molecule has 0 radical (unpaired) electrons. The van der Waals surface area contributed by atoms with E-state index in [0.29, 0.717) is 16.3 Å². The van der Waals surface area contributed by atoms with Crippen molar-refractivity contribution in [1.82, 2.24) is 21.0 Å². The number of carbonyl (C=O) groups is 2. The number of hydrazine groups is 1. The van der Waals surface area contributed by atoms with E-state index in [1.807, 2.05) is 0 Å². The Balaban J connectivity index is 1.73. The van der Waals surface area contributed by atoms with Gasteiger partial charge < -0.3 is 0 Å². The molecule has 0 unspecified atom stereocenters.